The lowest BCUT2D eigenvalue weighted by Gasteiger charge is -2.14. The lowest BCUT2D eigenvalue weighted by molar-refractivity contribution is 0.0825. The van der Waals surface area contributed by atoms with E-state index in [1.54, 1.807) is 32.3 Å². The Morgan fingerprint density at radius 1 is 1.15 bits per heavy atom. The molecule has 3 nitrogen and oxygen atoms in total. The van der Waals surface area contributed by atoms with Gasteiger partial charge in [0.15, 0.2) is 0 Å². The van der Waals surface area contributed by atoms with Gasteiger partial charge in [0.1, 0.15) is 11.5 Å². The smallest absolute Gasteiger partial charge is 0.257 e. The Labute approximate surface area is 123 Å². The molecule has 0 bridgehead atoms. The van der Waals surface area contributed by atoms with Gasteiger partial charge in [0.25, 0.3) is 5.91 Å². The van der Waals surface area contributed by atoms with E-state index in [-0.39, 0.29) is 5.91 Å². The summed E-state index contributed by atoms with van der Waals surface area (Å²) in [4.78, 5) is 13.6. The largest absolute Gasteiger partial charge is 0.456 e. The van der Waals surface area contributed by atoms with Crippen LogP contribution in [0.3, 0.4) is 0 Å². The van der Waals surface area contributed by atoms with E-state index in [0.717, 1.165) is 5.56 Å². The number of benzene rings is 2. The van der Waals surface area contributed by atoms with Crippen LogP contribution < -0.4 is 4.74 Å². The van der Waals surface area contributed by atoms with Crippen LogP contribution in [0.25, 0.3) is 0 Å². The first-order valence-corrected chi connectivity index (χ1v) is 6.61. The minimum atomic E-state index is -0.0983. The third kappa shape index (κ3) is 3.11. The Hall–Kier alpha value is -2.00. The maximum Gasteiger partial charge on any atom is 0.257 e. The molecule has 0 spiro atoms. The first kappa shape index (κ1) is 14.4. The Kier molecular flexibility index (Phi) is 4.30. The van der Waals surface area contributed by atoms with E-state index in [1.807, 2.05) is 31.2 Å². The van der Waals surface area contributed by atoms with Gasteiger partial charge in [-0.1, -0.05) is 29.8 Å². The molecular formula is C16H16ClNO2. The van der Waals surface area contributed by atoms with Gasteiger partial charge in [-0.2, -0.15) is 0 Å². The minimum absolute atomic E-state index is 0.0983. The monoisotopic (exact) mass is 289 g/mol. The lowest BCUT2D eigenvalue weighted by Crippen LogP contribution is -2.22. The third-order valence-corrected chi connectivity index (χ3v) is 3.30. The number of rotatable bonds is 3. The number of hydrogen-bond acceptors (Lipinski definition) is 2. The fourth-order valence-corrected chi connectivity index (χ4v) is 1.91. The zero-order valence-electron chi connectivity index (χ0n) is 11.7. The summed E-state index contributed by atoms with van der Waals surface area (Å²) in [6.45, 7) is 1.93. The van der Waals surface area contributed by atoms with Gasteiger partial charge in [-0.05, 0) is 36.8 Å². The molecule has 0 unspecified atom stereocenters. The molecule has 2 rings (SSSR count). The minimum Gasteiger partial charge on any atom is -0.456 e. The summed E-state index contributed by atoms with van der Waals surface area (Å²) in [5.74, 6) is 1.03. The molecule has 20 heavy (non-hydrogen) atoms. The van der Waals surface area contributed by atoms with Crippen LogP contribution >= 0.6 is 11.6 Å². The number of nitrogens with zero attached hydrogens (tertiary/aromatic N) is 1. The number of carbonyl (C=O) groups is 1. The Morgan fingerprint density at radius 3 is 2.50 bits per heavy atom. The summed E-state index contributed by atoms with van der Waals surface area (Å²) in [6, 6.07) is 12.6. The molecule has 0 saturated heterocycles. The molecule has 0 atom stereocenters. The third-order valence-electron chi connectivity index (χ3n) is 2.89. The molecule has 4 heteroatoms. The van der Waals surface area contributed by atoms with E-state index in [4.69, 9.17) is 16.3 Å². The maximum absolute atomic E-state index is 12.1. The quantitative estimate of drug-likeness (QED) is 0.850. The van der Waals surface area contributed by atoms with Crippen LogP contribution in [0, 0.1) is 6.92 Å². The van der Waals surface area contributed by atoms with Gasteiger partial charge in [-0.3, -0.25) is 4.79 Å². The molecule has 0 aliphatic heterocycles. The van der Waals surface area contributed by atoms with Gasteiger partial charge >= 0.3 is 0 Å². The Bertz CT molecular complexity index is 638. The summed E-state index contributed by atoms with van der Waals surface area (Å²) in [5, 5.41) is 0.638. The van der Waals surface area contributed by atoms with Crippen LogP contribution in [0.5, 0.6) is 11.5 Å². The highest BCUT2D eigenvalue weighted by Crippen LogP contribution is 2.29. The second-order valence-corrected chi connectivity index (χ2v) is 5.12. The van der Waals surface area contributed by atoms with Crippen molar-refractivity contribution in [1.29, 1.82) is 0 Å². The van der Waals surface area contributed by atoms with Gasteiger partial charge in [-0.25, -0.2) is 0 Å². The fraction of sp³-hybridized carbons (Fsp3) is 0.188. The van der Waals surface area contributed by atoms with Crippen molar-refractivity contribution < 1.29 is 9.53 Å². The van der Waals surface area contributed by atoms with Crippen molar-refractivity contribution in [3.63, 3.8) is 0 Å². The van der Waals surface area contributed by atoms with Crippen LogP contribution in [0.2, 0.25) is 5.02 Å². The molecule has 0 N–H and O–H groups in total. The van der Waals surface area contributed by atoms with Crippen molar-refractivity contribution >= 4 is 17.5 Å². The van der Waals surface area contributed by atoms with Crippen molar-refractivity contribution in [2.24, 2.45) is 0 Å². The summed E-state index contributed by atoms with van der Waals surface area (Å²) < 4.78 is 5.78. The second-order valence-electron chi connectivity index (χ2n) is 4.71. The molecule has 2 aromatic carbocycles. The van der Waals surface area contributed by atoms with Crippen LogP contribution in [-0.4, -0.2) is 24.9 Å². The van der Waals surface area contributed by atoms with E-state index < -0.39 is 0 Å². The molecule has 104 valence electrons. The van der Waals surface area contributed by atoms with Crippen molar-refractivity contribution in [2.45, 2.75) is 6.92 Å². The van der Waals surface area contributed by atoms with E-state index in [9.17, 15) is 4.79 Å². The fourth-order valence-electron chi connectivity index (χ4n) is 1.74. The van der Waals surface area contributed by atoms with Crippen LogP contribution in [0.4, 0.5) is 0 Å². The molecular weight excluding hydrogens is 274 g/mol. The SMILES string of the molecule is Cc1ccc(Oc2ccccc2C(=O)N(C)C)cc1Cl. The van der Waals surface area contributed by atoms with E-state index in [2.05, 4.69) is 0 Å². The number of carbonyl (C=O) groups excluding carboxylic acids is 1. The number of ether oxygens (including phenoxy) is 1. The normalized spacial score (nSPS) is 10.2. The maximum atomic E-state index is 12.1. The molecule has 0 heterocycles. The average molecular weight is 290 g/mol. The van der Waals surface area contributed by atoms with Crippen molar-refractivity contribution in [3.05, 3.63) is 58.6 Å². The number of amides is 1. The van der Waals surface area contributed by atoms with Gasteiger partial charge in [0.2, 0.25) is 0 Å². The predicted octanol–water partition coefficient (Wildman–Crippen LogP) is 4.14. The highest BCUT2D eigenvalue weighted by atomic mass is 35.5. The van der Waals surface area contributed by atoms with Crippen LogP contribution in [0.1, 0.15) is 15.9 Å². The number of halogens is 1. The highest BCUT2D eigenvalue weighted by Gasteiger charge is 2.14. The summed E-state index contributed by atoms with van der Waals surface area (Å²) in [7, 11) is 3.42. The van der Waals surface area contributed by atoms with Crippen molar-refractivity contribution in [3.8, 4) is 11.5 Å². The van der Waals surface area contributed by atoms with E-state index in [0.29, 0.717) is 22.1 Å². The van der Waals surface area contributed by atoms with Crippen molar-refractivity contribution in [2.75, 3.05) is 14.1 Å². The highest BCUT2D eigenvalue weighted by molar-refractivity contribution is 6.31. The van der Waals surface area contributed by atoms with E-state index in [1.165, 1.54) is 4.90 Å². The molecule has 1 amide bonds. The van der Waals surface area contributed by atoms with Gasteiger partial charge in [0, 0.05) is 19.1 Å². The van der Waals surface area contributed by atoms with E-state index >= 15 is 0 Å². The first-order chi connectivity index (χ1) is 9.49. The molecule has 0 aromatic heterocycles. The molecule has 0 aliphatic carbocycles. The lowest BCUT2D eigenvalue weighted by atomic mass is 10.1. The standard InChI is InChI=1S/C16H16ClNO2/c1-11-8-9-12(10-14(11)17)20-15-7-5-4-6-13(15)16(19)18(2)3/h4-10H,1-3H3. The first-order valence-electron chi connectivity index (χ1n) is 6.23. The number of aryl methyl sites for hydroxylation is 1. The van der Waals surface area contributed by atoms with Crippen molar-refractivity contribution in [1.82, 2.24) is 4.90 Å². The zero-order valence-corrected chi connectivity index (χ0v) is 12.4. The summed E-state index contributed by atoms with van der Waals surface area (Å²) in [5.41, 5.74) is 1.51. The molecule has 0 saturated carbocycles. The van der Waals surface area contributed by atoms with Gasteiger partial charge < -0.3 is 9.64 Å². The predicted molar refractivity (Wildman–Crippen MR) is 80.7 cm³/mol. The zero-order chi connectivity index (χ0) is 14.7. The van der Waals surface area contributed by atoms with Crippen LogP contribution in [-0.2, 0) is 0 Å². The summed E-state index contributed by atoms with van der Waals surface area (Å²) in [6.07, 6.45) is 0. The number of hydrogen-bond donors (Lipinski definition) is 0. The van der Waals surface area contributed by atoms with Gasteiger partial charge in [0.05, 0.1) is 5.56 Å². The molecule has 0 fully saturated rings. The molecule has 0 aliphatic rings. The topological polar surface area (TPSA) is 29.5 Å². The molecule has 2 aromatic rings. The van der Waals surface area contributed by atoms with Crippen LogP contribution in [0.15, 0.2) is 42.5 Å². The Morgan fingerprint density at radius 2 is 1.85 bits per heavy atom. The molecule has 0 radical (unpaired) electrons. The average Bonchev–Trinajstić information content (AvgIpc) is 2.42. The number of para-hydroxylation sites is 1. The van der Waals surface area contributed by atoms with Gasteiger partial charge in [-0.15, -0.1) is 0 Å². The summed E-state index contributed by atoms with van der Waals surface area (Å²) >= 11 is 6.08. The second kappa shape index (κ2) is 5.97. The Balaban J connectivity index is 2.34.